The summed E-state index contributed by atoms with van der Waals surface area (Å²) in [5, 5.41) is 2.90. The van der Waals surface area contributed by atoms with Gasteiger partial charge in [0.1, 0.15) is 0 Å². The molecule has 2 aromatic rings. The Kier molecular flexibility index (Phi) is 8.65. The number of rotatable bonds is 11. The number of methoxy groups -OCH3 is 2. The summed E-state index contributed by atoms with van der Waals surface area (Å²) in [7, 11) is 3.22. The molecule has 27 heavy (non-hydrogen) atoms. The average molecular weight is 371 g/mol. The van der Waals surface area contributed by atoms with Crippen LogP contribution >= 0.6 is 0 Å². The molecule has 5 heteroatoms. The third-order valence-electron chi connectivity index (χ3n) is 4.18. The molecule has 0 bridgehead atoms. The molecule has 0 heterocycles. The molecular weight excluding hydrogens is 342 g/mol. The average Bonchev–Trinajstić information content (AvgIpc) is 2.68. The molecule has 0 aliphatic heterocycles. The molecule has 0 aromatic heterocycles. The third kappa shape index (κ3) is 6.61. The lowest BCUT2D eigenvalue weighted by Crippen LogP contribution is -2.12. The van der Waals surface area contributed by atoms with Gasteiger partial charge in [0.25, 0.3) is 5.91 Å². The van der Waals surface area contributed by atoms with E-state index in [1.165, 1.54) is 12.8 Å². The summed E-state index contributed by atoms with van der Waals surface area (Å²) in [6.45, 7) is 3.33. The van der Waals surface area contributed by atoms with E-state index < -0.39 is 0 Å². The van der Waals surface area contributed by atoms with Crippen LogP contribution in [0.4, 0.5) is 5.69 Å². The highest BCUT2D eigenvalue weighted by atomic mass is 16.5. The van der Waals surface area contributed by atoms with Crippen molar-refractivity contribution in [1.29, 1.82) is 0 Å². The Labute approximate surface area is 161 Å². The Morgan fingerprint density at radius 1 is 1.00 bits per heavy atom. The van der Waals surface area contributed by atoms with Gasteiger partial charge in [-0.3, -0.25) is 4.79 Å². The second-order valence-electron chi connectivity index (χ2n) is 6.36. The van der Waals surface area contributed by atoms with Crippen LogP contribution in [0.25, 0.3) is 0 Å². The minimum atomic E-state index is -0.197. The molecule has 0 aliphatic carbocycles. The van der Waals surface area contributed by atoms with Gasteiger partial charge >= 0.3 is 0 Å². The molecule has 0 aliphatic rings. The SMILES string of the molecule is CCCCCCOc1ccc(C(=O)Nc2cccc(COC)c2)cc1OC. The lowest BCUT2D eigenvalue weighted by molar-refractivity contribution is 0.102. The summed E-state index contributed by atoms with van der Waals surface area (Å²) in [6.07, 6.45) is 4.57. The fraction of sp³-hybridized carbons (Fsp3) is 0.409. The number of carbonyl (C=O) groups excluding carboxylic acids is 1. The van der Waals surface area contributed by atoms with Crippen molar-refractivity contribution in [2.45, 2.75) is 39.2 Å². The van der Waals surface area contributed by atoms with Gasteiger partial charge in [0.15, 0.2) is 11.5 Å². The van der Waals surface area contributed by atoms with E-state index in [0.717, 1.165) is 24.1 Å². The first-order valence-corrected chi connectivity index (χ1v) is 9.38. The highest BCUT2D eigenvalue weighted by molar-refractivity contribution is 6.04. The molecule has 0 fully saturated rings. The first kappa shape index (κ1) is 20.8. The molecule has 2 rings (SSSR count). The summed E-state index contributed by atoms with van der Waals surface area (Å²) in [4.78, 5) is 12.6. The number of benzene rings is 2. The second-order valence-corrected chi connectivity index (χ2v) is 6.36. The molecule has 5 nitrogen and oxygen atoms in total. The molecule has 0 radical (unpaired) electrons. The van der Waals surface area contributed by atoms with Crippen LogP contribution in [0.5, 0.6) is 11.5 Å². The van der Waals surface area contributed by atoms with Gasteiger partial charge in [-0.05, 0) is 42.3 Å². The third-order valence-corrected chi connectivity index (χ3v) is 4.18. The molecule has 1 N–H and O–H groups in total. The van der Waals surface area contributed by atoms with Gasteiger partial charge in [-0.25, -0.2) is 0 Å². The van der Waals surface area contributed by atoms with Gasteiger partial charge in [-0.2, -0.15) is 0 Å². The van der Waals surface area contributed by atoms with Crippen molar-refractivity contribution in [1.82, 2.24) is 0 Å². The molecule has 0 saturated carbocycles. The highest BCUT2D eigenvalue weighted by Crippen LogP contribution is 2.28. The van der Waals surface area contributed by atoms with Crippen LogP contribution in [0.2, 0.25) is 0 Å². The van der Waals surface area contributed by atoms with E-state index in [9.17, 15) is 4.79 Å². The Morgan fingerprint density at radius 2 is 1.85 bits per heavy atom. The van der Waals surface area contributed by atoms with Crippen molar-refractivity contribution in [3.63, 3.8) is 0 Å². The summed E-state index contributed by atoms with van der Waals surface area (Å²) in [5.74, 6) is 1.02. The quantitative estimate of drug-likeness (QED) is 0.561. The van der Waals surface area contributed by atoms with Crippen molar-refractivity contribution in [2.24, 2.45) is 0 Å². The number of hydrogen-bond acceptors (Lipinski definition) is 4. The van der Waals surface area contributed by atoms with Crippen LogP contribution in [0, 0.1) is 0 Å². The maximum absolute atomic E-state index is 12.6. The van der Waals surface area contributed by atoms with Crippen LogP contribution in [0.3, 0.4) is 0 Å². The molecule has 0 unspecified atom stereocenters. The van der Waals surface area contributed by atoms with Crippen LogP contribution in [-0.2, 0) is 11.3 Å². The van der Waals surface area contributed by atoms with E-state index in [-0.39, 0.29) is 5.91 Å². The van der Waals surface area contributed by atoms with Gasteiger partial charge in [-0.1, -0.05) is 38.3 Å². The largest absolute Gasteiger partial charge is 0.493 e. The standard InChI is InChI=1S/C22H29NO4/c1-4-5-6-7-13-27-20-12-11-18(15-21(20)26-3)22(24)23-19-10-8-9-17(14-19)16-25-2/h8-12,14-15H,4-7,13,16H2,1-3H3,(H,23,24). The van der Waals surface area contributed by atoms with Crippen molar-refractivity contribution < 1.29 is 19.0 Å². The van der Waals surface area contributed by atoms with E-state index in [4.69, 9.17) is 14.2 Å². The topological polar surface area (TPSA) is 56.8 Å². The van der Waals surface area contributed by atoms with Gasteiger partial charge in [0, 0.05) is 18.4 Å². The smallest absolute Gasteiger partial charge is 0.255 e. The van der Waals surface area contributed by atoms with Gasteiger partial charge in [0.2, 0.25) is 0 Å². The first-order chi connectivity index (χ1) is 13.2. The number of anilines is 1. The number of hydrogen-bond donors (Lipinski definition) is 1. The maximum atomic E-state index is 12.6. The maximum Gasteiger partial charge on any atom is 0.255 e. The zero-order valence-corrected chi connectivity index (χ0v) is 16.4. The Hall–Kier alpha value is -2.53. The summed E-state index contributed by atoms with van der Waals surface area (Å²) < 4.78 is 16.3. The predicted molar refractivity (Wildman–Crippen MR) is 108 cm³/mol. The Morgan fingerprint density at radius 3 is 2.59 bits per heavy atom. The van der Waals surface area contributed by atoms with Gasteiger partial charge < -0.3 is 19.5 Å². The minimum absolute atomic E-state index is 0.197. The van der Waals surface area contributed by atoms with Crippen LogP contribution in [0.15, 0.2) is 42.5 Å². The monoisotopic (exact) mass is 371 g/mol. The summed E-state index contributed by atoms with van der Waals surface area (Å²) in [5.41, 5.74) is 2.24. The van der Waals surface area contributed by atoms with Crippen molar-refractivity contribution >= 4 is 11.6 Å². The number of unbranched alkanes of at least 4 members (excludes halogenated alkanes) is 3. The van der Waals surface area contributed by atoms with E-state index in [1.54, 1.807) is 32.4 Å². The summed E-state index contributed by atoms with van der Waals surface area (Å²) >= 11 is 0. The normalized spacial score (nSPS) is 10.5. The second kappa shape index (κ2) is 11.2. The highest BCUT2D eigenvalue weighted by Gasteiger charge is 2.12. The van der Waals surface area contributed by atoms with E-state index >= 15 is 0 Å². The summed E-state index contributed by atoms with van der Waals surface area (Å²) in [6, 6.07) is 12.8. The number of amides is 1. The van der Waals surface area contributed by atoms with E-state index in [0.29, 0.717) is 30.3 Å². The zero-order chi connectivity index (χ0) is 19.5. The Balaban J connectivity index is 2.00. The molecule has 0 saturated heterocycles. The molecule has 2 aromatic carbocycles. The lowest BCUT2D eigenvalue weighted by atomic mass is 10.1. The first-order valence-electron chi connectivity index (χ1n) is 9.38. The van der Waals surface area contributed by atoms with E-state index in [2.05, 4.69) is 12.2 Å². The van der Waals surface area contributed by atoms with Gasteiger partial charge in [0.05, 0.1) is 20.3 Å². The molecule has 1 amide bonds. The lowest BCUT2D eigenvalue weighted by Gasteiger charge is -2.12. The fourth-order valence-corrected chi connectivity index (χ4v) is 2.75. The zero-order valence-electron chi connectivity index (χ0n) is 16.4. The molecular formula is C22H29NO4. The van der Waals surface area contributed by atoms with Crippen LogP contribution in [-0.4, -0.2) is 26.7 Å². The Bertz CT molecular complexity index is 730. The van der Waals surface area contributed by atoms with E-state index in [1.807, 2.05) is 24.3 Å². The fourth-order valence-electron chi connectivity index (χ4n) is 2.75. The number of ether oxygens (including phenoxy) is 3. The molecule has 146 valence electrons. The predicted octanol–water partition coefficient (Wildman–Crippen LogP) is 5.05. The van der Waals surface area contributed by atoms with Gasteiger partial charge in [-0.15, -0.1) is 0 Å². The van der Waals surface area contributed by atoms with Crippen molar-refractivity contribution in [3.8, 4) is 11.5 Å². The molecule has 0 atom stereocenters. The molecule has 0 spiro atoms. The minimum Gasteiger partial charge on any atom is -0.493 e. The number of carbonyl (C=O) groups is 1. The van der Waals surface area contributed by atoms with Crippen molar-refractivity contribution in [3.05, 3.63) is 53.6 Å². The van der Waals surface area contributed by atoms with Crippen LogP contribution in [0.1, 0.15) is 48.5 Å². The number of nitrogens with one attached hydrogen (secondary N) is 1. The van der Waals surface area contributed by atoms with Crippen LogP contribution < -0.4 is 14.8 Å². The van der Waals surface area contributed by atoms with Crippen molar-refractivity contribution in [2.75, 3.05) is 26.1 Å².